The third-order valence-corrected chi connectivity index (χ3v) is 5.03. The molecule has 1 heterocycles. The van der Waals surface area contributed by atoms with Crippen molar-refractivity contribution < 1.29 is 36.6 Å². The molecule has 1 atom stereocenters. The molecule has 10 heteroatoms. The summed E-state index contributed by atoms with van der Waals surface area (Å²) >= 11 is 0. The molecule has 2 amide bonds. The molecule has 6 nitrogen and oxygen atoms in total. The summed E-state index contributed by atoms with van der Waals surface area (Å²) in [5, 5.41) is 2.78. The van der Waals surface area contributed by atoms with Crippen LogP contribution in [0.25, 0.3) is 0 Å². The molecule has 1 saturated heterocycles. The molecule has 2 aromatic rings. The molecule has 1 aliphatic rings. The fourth-order valence-corrected chi connectivity index (χ4v) is 3.51. The van der Waals surface area contributed by atoms with Crippen molar-refractivity contribution in [3.8, 4) is 11.5 Å². The van der Waals surface area contributed by atoms with Gasteiger partial charge in [0.2, 0.25) is 5.91 Å². The van der Waals surface area contributed by atoms with Crippen LogP contribution in [0.2, 0.25) is 0 Å². The molecule has 1 N–H and O–H groups in total. The topological polar surface area (TPSA) is 67.9 Å². The van der Waals surface area contributed by atoms with Gasteiger partial charge >= 0.3 is 13.2 Å². The number of carbonyl (C=O) groups excluding carboxylic acids is 2. The minimum Gasteiger partial charge on any atom is -0.435 e. The van der Waals surface area contributed by atoms with Gasteiger partial charge in [-0.3, -0.25) is 9.59 Å². The second kappa shape index (κ2) is 10.8. The highest BCUT2D eigenvalue weighted by molar-refractivity contribution is 5.97. The van der Waals surface area contributed by atoms with Crippen LogP contribution < -0.4 is 14.8 Å². The van der Waals surface area contributed by atoms with Crippen molar-refractivity contribution in [3.63, 3.8) is 0 Å². The van der Waals surface area contributed by atoms with Crippen molar-refractivity contribution in [2.75, 3.05) is 13.1 Å². The third-order valence-electron chi connectivity index (χ3n) is 5.03. The number of benzene rings is 2. The number of carbonyl (C=O) groups is 2. The van der Waals surface area contributed by atoms with Crippen molar-refractivity contribution in [3.05, 3.63) is 59.7 Å². The van der Waals surface area contributed by atoms with Crippen LogP contribution in [0.1, 0.15) is 28.8 Å². The maximum absolute atomic E-state index is 12.9. The molecule has 0 radical (unpaired) electrons. The number of rotatable bonds is 8. The van der Waals surface area contributed by atoms with Gasteiger partial charge in [0.05, 0.1) is 11.5 Å². The first kappa shape index (κ1) is 23.4. The van der Waals surface area contributed by atoms with E-state index in [1.807, 2.05) is 0 Å². The molecule has 1 aliphatic heterocycles. The lowest BCUT2D eigenvalue weighted by Crippen LogP contribution is -2.45. The minimum atomic E-state index is -3.06. The average Bonchev–Trinajstić information content (AvgIpc) is 2.77. The van der Waals surface area contributed by atoms with Gasteiger partial charge in [-0.15, -0.1) is 0 Å². The van der Waals surface area contributed by atoms with Crippen LogP contribution in [0.15, 0.2) is 48.5 Å². The Morgan fingerprint density at radius 3 is 2.38 bits per heavy atom. The number of nitrogens with zero attached hydrogens (tertiary/aromatic N) is 1. The lowest BCUT2D eigenvalue weighted by atomic mass is 9.96. The highest BCUT2D eigenvalue weighted by Crippen LogP contribution is 2.25. The zero-order chi connectivity index (χ0) is 23.1. The Morgan fingerprint density at radius 2 is 1.69 bits per heavy atom. The van der Waals surface area contributed by atoms with E-state index in [0.29, 0.717) is 24.9 Å². The number of hydrogen-bond acceptors (Lipinski definition) is 4. The second-order valence-corrected chi connectivity index (χ2v) is 7.21. The van der Waals surface area contributed by atoms with Gasteiger partial charge in [0.15, 0.2) is 0 Å². The third kappa shape index (κ3) is 6.35. The number of likely N-dealkylation sites (tertiary alicyclic amines) is 1. The molecule has 0 bridgehead atoms. The van der Waals surface area contributed by atoms with E-state index in [4.69, 9.17) is 0 Å². The molecule has 0 spiro atoms. The van der Waals surface area contributed by atoms with Crippen LogP contribution in [0, 0.1) is 5.92 Å². The first-order valence-corrected chi connectivity index (χ1v) is 9.98. The van der Waals surface area contributed by atoms with E-state index in [1.54, 1.807) is 18.2 Å². The van der Waals surface area contributed by atoms with Gasteiger partial charge in [-0.2, -0.15) is 17.6 Å². The number of nitrogens with one attached hydrogen (secondary N) is 1. The van der Waals surface area contributed by atoms with Crippen molar-refractivity contribution in [1.29, 1.82) is 0 Å². The number of hydrogen-bond donors (Lipinski definition) is 1. The zero-order valence-corrected chi connectivity index (χ0v) is 17.0. The van der Waals surface area contributed by atoms with Gasteiger partial charge in [0, 0.05) is 19.6 Å². The van der Waals surface area contributed by atoms with Crippen LogP contribution in [0.4, 0.5) is 17.6 Å². The van der Waals surface area contributed by atoms with Crippen molar-refractivity contribution >= 4 is 11.8 Å². The van der Waals surface area contributed by atoms with Gasteiger partial charge in [0.25, 0.3) is 5.91 Å². The molecular formula is C22H22F4N2O4. The minimum absolute atomic E-state index is 0.0139. The Labute approximate surface area is 182 Å². The number of amides is 2. The molecule has 0 saturated carbocycles. The number of ether oxygens (including phenoxy) is 2. The van der Waals surface area contributed by atoms with Crippen LogP contribution >= 0.6 is 0 Å². The number of para-hydroxylation sites is 1. The SMILES string of the molecule is O=C(NCc1ccc(OC(F)F)cc1)C1CCCN(C(=O)c2ccccc2OC(F)F)C1. The maximum Gasteiger partial charge on any atom is 0.387 e. The summed E-state index contributed by atoms with van der Waals surface area (Å²) in [5.41, 5.74) is 0.710. The predicted octanol–water partition coefficient (Wildman–Crippen LogP) is 4.06. The molecule has 2 aromatic carbocycles. The van der Waals surface area contributed by atoms with Crippen molar-refractivity contribution in [1.82, 2.24) is 10.2 Å². The van der Waals surface area contributed by atoms with E-state index in [2.05, 4.69) is 14.8 Å². The quantitative estimate of drug-likeness (QED) is 0.611. The molecule has 1 unspecified atom stereocenters. The summed E-state index contributed by atoms with van der Waals surface area (Å²) in [7, 11) is 0. The standard InChI is InChI=1S/C22H22F4N2O4/c23-21(24)31-16-9-7-14(8-10-16)12-27-19(29)15-4-3-11-28(13-15)20(30)17-5-1-2-6-18(17)32-22(25)26/h1-2,5-10,15,21-22H,3-4,11-13H2,(H,27,29). The van der Waals surface area contributed by atoms with Crippen molar-refractivity contribution in [2.24, 2.45) is 5.92 Å². The lowest BCUT2D eigenvalue weighted by Gasteiger charge is -2.32. The molecule has 0 aliphatic carbocycles. The van der Waals surface area contributed by atoms with Crippen LogP contribution in [-0.2, 0) is 11.3 Å². The van der Waals surface area contributed by atoms with E-state index in [1.165, 1.54) is 35.2 Å². The fraction of sp³-hybridized carbons (Fsp3) is 0.364. The molecule has 0 aromatic heterocycles. The van der Waals surface area contributed by atoms with E-state index in [0.717, 1.165) is 0 Å². The normalized spacial score (nSPS) is 16.2. The highest BCUT2D eigenvalue weighted by Gasteiger charge is 2.30. The lowest BCUT2D eigenvalue weighted by molar-refractivity contribution is -0.126. The van der Waals surface area contributed by atoms with Gasteiger partial charge in [-0.05, 0) is 42.7 Å². The van der Waals surface area contributed by atoms with E-state index in [-0.39, 0.29) is 36.1 Å². The zero-order valence-electron chi connectivity index (χ0n) is 17.0. The van der Waals surface area contributed by atoms with Crippen LogP contribution in [0.3, 0.4) is 0 Å². The van der Waals surface area contributed by atoms with Gasteiger partial charge in [0.1, 0.15) is 11.5 Å². The summed E-state index contributed by atoms with van der Waals surface area (Å²) in [4.78, 5) is 26.9. The largest absolute Gasteiger partial charge is 0.435 e. The van der Waals surface area contributed by atoms with E-state index in [9.17, 15) is 27.2 Å². The number of piperidine rings is 1. The monoisotopic (exact) mass is 454 g/mol. The molecule has 3 rings (SSSR count). The molecule has 172 valence electrons. The van der Waals surface area contributed by atoms with Gasteiger partial charge in [-0.1, -0.05) is 24.3 Å². The summed E-state index contributed by atoms with van der Waals surface area (Å²) < 4.78 is 58.4. The predicted molar refractivity (Wildman–Crippen MR) is 107 cm³/mol. The number of halogens is 4. The van der Waals surface area contributed by atoms with Gasteiger partial charge < -0.3 is 19.7 Å². The van der Waals surface area contributed by atoms with Gasteiger partial charge in [-0.25, -0.2) is 0 Å². The Morgan fingerprint density at radius 1 is 1.00 bits per heavy atom. The Hall–Kier alpha value is -3.30. The highest BCUT2D eigenvalue weighted by atomic mass is 19.3. The first-order chi connectivity index (χ1) is 15.3. The summed E-state index contributed by atoms with van der Waals surface area (Å²) in [6.45, 7) is -5.23. The molecule has 32 heavy (non-hydrogen) atoms. The Bertz CT molecular complexity index is 924. The van der Waals surface area contributed by atoms with Crippen LogP contribution in [0.5, 0.6) is 11.5 Å². The molecule has 1 fully saturated rings. The summed E-state index contributed by atoms with van der Waals surface area (Å²) in [5.74, 6) is -1.39. The second-order valence-electron chi connectivity index (χ2n) is 7.21. The molecular weight excluding hydrogens is 432 g/mol. The summed E-state index contributed by atoms with van der Waals surface area (Å²) in [6, 6.07) is 11.6. The Balaban J connectivity index is 1.57. The van der Waals surface area contributed by atoms with Crippen LogP contribution in [-0.4, -0.2) is 43.0 Å². The maximum atomic E-state index is 12.9. The fourth-order valence-electron chi connectivity index (χ4n) is 3.51. The van der Waals surface area contributed by atoms with Crippen molar-refractivity contribution in [2.45, 2.75) is 32.6 Å². The smallest absolute Gasteiger partial charge is 0.387 e. The first-order valence-electron chi connectivity index (χ1n) is 9.98. The van der Waals surface area contributed by atoms with E-state index >= 15 is 0 Å². The Kier molecular flexibility index (Phi) is 7.91. The average molecular weight is 454 g/mol. The number of alkyl halides is 4. The summed E-state index contributed by atoms with van der Waals surface area (Å²) in [6.07, 6.45) is 1.16. The van der Waals surface area contributed by atoms with E-state index < -0.39 is 25.0 Å².